The number of fused-ring (bicyclic) bond motifs is 2. The molecule has 0 fully saturated rings. The summed E-state index contributed by atoms with van der Waals surface area (Å²) in [4.78, 5) is 2.22. The molecule has 120 valence electrons. The van der Waals surface area contributed by atoms with Gasteiger partial charge < -0.3 is 10.0 Å². The van der Waals surface area contributed by atoms with Gasteiger partial charge in [-0.05, 0) is 51.3 Å². The van der Waals surface area contributed by atoms with Crippen molar-refractivity contribution in [2.75, 3.05) is 4.90 Å². The van der Waals surface area contributed by atoms with Crippen LogP contribution in [0.2, 0.25) is 0 Å². The lowest BCUT2D eigenvalue weighted by Crippen LogP contribution is -2.30. The largest absolute Gasteiger partial charge is 0.507 e. The molecule has 24 heavy (non-hydrogen) atoms. The summed E-state index contributed by atoms with van der Waals surface area (Å²) in [7, 11) is 0. The predicted octanol–water partition coefficient (Wildman–Crippen LogP) is 6.26. The highest BCUT2D eigenvalue weighted by Crippen LogP contribution is 2.51. The second kappa shape index (κ2) is 5.38. The van der Waals surface area contributed by atoms with Crippen LogP contribution in [0.1, 0.15) is 25.0 Å². The third-order valence-electron chi connectivity index (χ3n) is 4.82. The van der Waals surface area contributed by atoms with Gasteiger partial charge >= 0.3 is 0 Å². The van der Waals surface area contributed by atoms with E-state index in [0.29, 0.717) is 4.47 Å². The molecule has 4 rings (SSSR count). The number of anilines is 3. The molecule has 1 N–H and O–H groups in total. The SMILES string of the molecule is CC1(C)c2ccccc2N(c2ccc(Br)c(O)c2)c2ccccc21. The van der Waals surface area contributed by atoms with Crippen LogP contribution in [0.15, 0.2) is 71.2 Å². The molecular weight excluding hydrogens is 362 g/mol. The third-order valence-corrected chi connectivity index (χ3v) is 5.50. The fourth-order valence-corrected chi connectivity index (χ4v) is 3.83. The monoisotopic (exact) mass is 379 g/mol. The molecule has 1 aliphatic heterocycles. The second-order valence-electron chi connectivity index (χ2n) is 6.63. The number of rotatable bonds is 1. The standard InChI is InChI=1S/C21H18BrNO/c1-21(2)15-7-3-5-9-18(15)23(19-10-6-4-8-16(19)21)14-11-12-17(22)20(24)13-14/h3-13,24H,1-2H3. The topological polar surface area (TPSA) is 23.5 Å². The van der Waals surface area contributed by atoms with E-state index in [1.54, 1.807) is 6.07 Å². The normalized spacial score (nSPS) is 14.9. The molecule has 3 aromatic rings. The van der Waals surface area contributed by atoms with E-state index in [4.69, 9.17) is 0 Å². The van der Waals surface area contributed by atoms with Gasteiger partial charge in [0.15, 0.2) is 0 Å². The summed E-state index contributed by atoms with van der Waals surface area (Å²) in [6.45, 7) is 4.53. The molecule has 0 aromatic heterocycles. The van der Waals surface area contributed by atoms with Crippen molar-refractivity contribution in [1.29, 1.82) is 0 Å². The van der Waals surface area contributed by atoms with Crippen LogP contribution in [-0.2, 0) is 5.41 Å². The minimum Gasteiger partial charge on any atom is -0.507 e. The van der Waals surface area contributed by atoms with Crippen LogP contribution in [0.5, 0.6) is 5.75 Å². The van der Waals surface area contributed by atoms with Gasteiger partial charge in [-0.1, -0.05) is 50.2 Å². The Morgan fingerprint density at radius 2 is 1.38 bits per heavy atom. The molecule has 0 bridgehead atoms. The van der Waals surface area contributed by atoms with E-state index in [9.17, 15) is 5.11 Å². The highest BCUT2D eigenvalue weighted by atomic mass is 79.9. The Bertz CT molecular complexity index is 883. The Morgan fingerprint density at radius 1 is 0.833 bits per heavy atom. The van der Waals surface area contributed by atoms with Gasteiger partial charge in [0, 0.05) is 17.2 Å². The average Bonchev–Trinajstić information content (AvgIpc) is 2.58. The summed E-state index contributed by atoms with van der Waals surface area (Å²) in [6.07, 6.45) is 0. The van der Waals surface area contributed by atoms with Crippen LogP contribution >= 0.6 is 15.9 Å². The van der Waals surface area contributed by atoms with E-state index in [1.807, 2.05) is 12.1 Å². The highest BCUT2D eigenvalue weighted by molar-refractivity contribution is 9.10. The molecule has 0 amide bonds. The summed E-state index contributed by atoms with van der Waals surface area (Å²) in [5, 5.41) is 10.2. The Balaban J connectivity index is 2.03. The number of benzene rings is 3. The molecule has 0 atom stereocenters. The number of phenols is 1. The van der Waals surface area contributed by atoms with Crippen LogP contribution in [0, 0.1) is 0 Å². The van der Waals surface area contributed by atoms with Gasteiger partial charge in [-0.2, -0.15) is 0 Å². The number of hydrogen-bond acceptors (Lipinski definition) is 2. The Labute approximate surface area is 150 Å². The minimum absolute atomic E-state index is 0.0684. The van der Waals surface area contributed by atoms with Crippen LogP contribution in [0.3, 0.4) is 0 Å². The summed E-state index contributed by atoms with van der Waals surface area (Å²) >= 11 is 3.37. The third kappa shape index (κ3) is 2.15. The fraction of sp³-hybridized carbons (Fsp3) is 0.143. The fourth-order valence-electron chi connectivity index (χ4n) is 3.59. The second-order valence-corrected chi connectivity index (χ2v) is 7.48. The van der Waals surface area contributed by atoms with Gasteiger partial charge in [0.1, 0.15) is 5.75 Å². The molecule has 0 aliphatic carbocycles. The zero-order valence-corrected chi connectivity index (χ0v) is 15.2. The number of para-hydroxylation sites is 2. The van der Waals surface area contributed by atoms with E-state index in [0.717, 1.165) is 17.1 Å². The molecule has 1 heterocycles. The number of halogens is 1. The van der Waals surface area contributed by atoms with Gasteiger partial charge in [-0.3, -0.25) is 0 Å². The molecule has 2 nitrogen and oxygen atoms in total. The van der Waals surface area contributed by atoms with E-state index in [-0.39, 0.29) is 11.2 Å². The molecular formula is C21H18BrNO. The predicted molar refractivity (Wildman–Crippen MR) is 103 cm³/mol. The molecule has 3 heteroatoms. The van der Waals surface area contributed by atoms with Gasteiger partial charge in [-0.15, -0.1) is 0 Å². The maximum Gasteiger partial charge on any atom is 0.131 e. The van der Waals surface area contributed by atoms with Crippen LogP contribution in [-0.4, -0.2) is 5.11 Å². The first-order valence-corrected chi connectivity index (χ1v) is 8.77. The quantitative estimate of drug-likeness (QED) is 0.538. The summed E-state index contributed by atoms with van der Waals surface area (Å²) < 4.78 is 0.699. The number of hydrogen-bond donors (Lipinski definition) is 1. The Morgan fingerprint density at radius 3 is 1.92 bits per heavy atom. The van der Waals surface area contributed by atoms with Crippen molar-refractivity contribution < 1.29 is 5.11 Å². The summed E-state index contributed by atoms with van der Waals surface area (Å²) in [5.41, 5.74) is 5.76. The Hall–Kier alpha value is -2.26. The lowest BCUT2D eigenvalue weighted by molar-refractivity contribution is 0.472. The van der Waals surface area contributed by atoms with Crippen LogP contribution < -0.4 is 4.90 Å². The molecule has 0 saturated carbocycles. The van der Waals surface area contributed by atoms with E-state index in [1.165, 1.54) is 11.1 Å². The first kappa shape index (κ1) is 15.3. The van der Waals surface area contributed by atoms with Crippen molar-refractivity contribution in [3.05, 3.63) is 82.3 Å². The van der Waals surface area contributed by atoms with Crippen LogP contribution in [0.25, 0.3) is 0 Å². The van der Waals surface area contributed by atoms with Crippen molar-refractivity contribution in [2.24, 2.45) is 0 Å². The van der Waals surface area contributed by atoms with Crippen molar-refractivity contribution in [3.8, 4) is 5.75 Å². The van der Waals surface area contributed by atoms with Gasteiger partial charge in [0.05, 0.1) is 15.8 Å². The smallest absolute Gasteiger partial charge is 0.131 e. The maximum absolute atomic E-state index is 10.2. The lowest BCUT2D eigenvalue weighted by Gasteiger charge is -2.42. The summed E-state index contributed by atoms with van der Waals surface area (Å²) in [6, 6.07) is 22.7. The average molecular weight is 380 g/mol. The van der Waals surface area contributed by atoms with Gasteiger partial charge in [0.25, 0.3) is 0 Å². The maximum atomic E-state index is 10.2. The zero-order chi connectivity index (χ0) is 16.9. The summed E-state index contributed by atoms with van der Waals surface area (Å²) in [5.74, 6) is 0.243. The molecule has 0 spiro atoms. The molecule has 0 radical (unpaired) electrons. The molecule has 0 saturated heterocycles. The Kier molecular flexibility index (Phi) is 3.43. The first-order valence-electron chi connectivity index (χ1n) is 7.98. The lowest BCUT2D eigenvalue weighted by atomic mass is 9.73. The highest BCUT2D eigenvalue weighted by Gasteiger charge is 2.36. The van der Waals surface area contributed by atoms with Gasteiger partial charge in [-0.25, -0.2) is 0 Å². The van der Waals surface area contributed by atoms with Crippen molar-refractivity contribution >= 4 is 33.0 Å². The van der Waals surface area contributed by atoms with E-state index < -0.39 is 0 Å². The molecule has 0 unspecified atom stereocenters. The van der Waals surface area contributed by atoms with E-state index >= 15 is 0 Å². The number of phenolic OH excluding ortho intramolecular Hbond substituents is 1. The number of aromatic hydroxyl groups is 1. The van der Waals surface area contributed by atoms with Crippen molar-refractivity contribution in [1.82, 2.24) is 0 Å². The number of nitrogens with zero attached hydrogens (tertiary/aromatic N) is 1. The van der Waals surface area contributed by atoms with Crippen molar-refractivity contribution in [2.45, 2.75) is 19.3 Å². The molecule has 3 aromatic carbocycles. The first-order chi connectivity index (χ1) is 11.5. The van der Waals surface area contributed by atoms with Crippen LogP contribution in [0.4, 0.5) is 17.1 Å². The molecule has 1 aliphatic rings. The van der Waals surface area contributed by atoms with Gasteiger partial charge in [0.2, 0.25) is 0 Å². The van der Waals surface area contributed by atoms with E-state index in [2.05, 4.69) is 83.2 Å². The van der Waals surface area contributed by atoms with Crippen molar-refractivity contribution in [3.63, 3.8) is 0 Å². The minimum atomic E-state index is -0.0684. The zero-order valence-electron chi connectivity index (χ0n) is 13.6.